The number of hydrogen-bond acceptors (Lipinski definition) is 3. The van der Waals surface area contributed by atoms with E-state index in [0.29, 0.717) is 6.54 Å². The van der Waals surface area contributed by atoms with Gasteiger partial charge in [0.15, 0.2) is 0 Å². The fraction of sp³-hybridized carbons (Fsp3) is 0.200. The van der Waals surface area contributed by atoms with Gasteiger partial charge in [-0.2, -0.15) is 0 Å². The Hall–Kier alpha value is -2.72. The van der Waals surface area contributed by atoms with Crippen molar-refractivity contribution in [2.75, 3.05) is 30.3 Å². The lowest BCUT2D eigenvalue weighted by atomic mass is 9.94. The smallest absolute Gasteiger partial charge is 0.112 e. The van der Waals surface area contributed by atoms with Gasteiger partial charge in [-0.1, -0.05) is 36.4 Å². The van der Waals surface area contributed by atoms with Crippen LogP contribution >= 0.6 is 0 Å². The Kier molecular flexibility index (Phi) is 3.97. The number of fused-ring (bicyclic) bond motifs is 3. The lowest BCUT2D eigenvalue weighted by molar-refractivity contribution is 0.874. The fourth-order valence-electron chi connectivity index (χ4n) is 3.31. The molecular weight excluding hydrogens is 296 g/mol. The third-order valence-electron chi connectivity index (χ3n) is 4.44. The van der Waals surface area contributed by atoms with Gasteiger partial charge >= 0.3 is 0 Å². The molecule has 122 valence electrons. The highest BCUT2D eigenvalue weighted by Gasteiger charge is 2.19. The molecule has 4 heteroatoms. The third-order valence-corrected chi connectivity index (χ3v) is 4.44. The van der Waals surface area contributed by atoms with Gasteiger partial charge in [-0.3, -0.25) is 0 Å². The molecule has 24 heavy (non-hydrogen) atoms. The fourth-order valence-corrected chi connectivity index (χ4v) is 3.31. The third kappa shape index (κ3) is 2.65. The first-order valence-electron chi connectivity index (χ1n) is 8.46. The van der Waals surface area contributed by atoms with Crippen LogP contribution in [0.2, 0.25) is 0 Å². The number of nitrogens with one attached hydrogen (secondary N) is 3. The summed E-state index contributed by atoms with van der Waals surface area (Å²) in [6, 6.07) is 17.1. The molecule has 0 bridgehead atoms. The van der Waals surface area contributed by atoms with Crippen LogP contribution in [-0.4, -0.2) is 24.6 Å². The zero-order valence-corrected chi connectivity index (χ0v) is 13.6. The Labute approximate surface area is 141 Å². The number of aromatic amines is 1. The Bertz CT molecular complexity index is 892. The first kappa shape index (κ1) is 14.8. The number of nitrogens with two attached hydrogens (primary N) is 1. The molecule has 0 aliphatic carbocycles. The van der Waals surface area contributed by atoms with E-state index in [1.165, 1.54) is 27.6 Å². The van der Waals surface area contributed by atoms with Crippen LogP contribution in [0.5, 0.6) is 0 Å². The maximum atomic E-state index is 5.57. The second kappa shape index (κ2) is 6.42. The average Bonchev–Trinajstić information content (AvgIpc) is 3.01. The molecule has 0 unspecified atom stereocenters. The van der Waals surface area contributed by atoms with Gasteiger partial charge < -0.3 is 21.4 Å². The Morgan fingerprint density at radius 2 is 2.00 bits per heavy atom. The first-order valence-corrected chi connectivity index (χ1v) is 8.46. The van der Waals surface area contributed by atoms with E-state index in [1.54, 1.807) is 0 Å². The van der Waals surface area contributed by atoms with Crippen molar-refractivity contribution >= 4 is 28.0 Å². The van der Waals surface area contributed by atoms with Crippen molar-refractivity contribution in [1.29, 1.82) is 0 Å². The highest BCUT2D eigenvalue weighted by atomic mass is 15.0. The van der Waals surface area contributed by atoms with Crippen molar-refractivity contribution in [2.24, 2.45) is 5.73 Å². The Morgan fingerprint density at radius 3 is 2.92 bits per heavy atom. The van der Waals surface area contributed by atoms with Gasteiger partial charge in [0.1, 0.15) is 5.82 Å². The lowest BCUT2D eigenvalue weighted by Gasteiger charge is -2.17. The molecular formula is C20H22N4. The molecule has 4 nitrogen and oxygen atoms in total. The SMILES string of the molecule is NCCCNc1cccc(C2=CCNc3[nH]c4ccccc4c32)c1. The number of hydrogen-bond donors (Lipinski definition) is 4. The van der Waals surface area contributed by atoms with Crippen LogP contribution in [0.4, 0.5) is 11.5 Å². The van der Waals surface area contributed by atoms with Crippen LogP contribution in [0.1, 0.15) is 17.5 Å². The van der Waals surface area contributed by atoms with E-state index in [0.717, 1.165) is 31.0 Å². The van der Waals surface area contributed by atoms with Gasteiger partial charge in [0, 0.05) is 35.2 Å². The predicted octanol–water partition coefficient (Wildman–Crippen LogP) is 3.79. The summed E-state index contributed by atoms with van der Waals surface area (Å²) in [5.41, 5.74) is 11.7. The maximum Gasteiger partial charge on any atom is 0.112 e. The zero-order chi connectivity index (χ0) is 16.4. The van der Waals surface area contributed by atoms with E-state index in [-0.39, 0.29) is 0 Å². The van der Waals surface area contributed by atoms with E-state index < -0.39 is 0 Å². The molecule has 1 aliphatic heterocycles. The van der Waals surface area contributed by atoms with Crippen LogP contribution in [0, 0.1) is 0 Å². The van der Waals surface area contributed by atoms with E-state index in [1.807, 2.05) is 0 Å². The van der Waals surface area contributed by atoms with Crippen molar-refractivity contribution in [1.82, 2.24) is 4.98 Å². The number of para-hydroxylation sites is 1. The highest BCUT2D eigenvalue weighted by Crippen LogP contribution is 2.38. The van der Waals surface area contributed by atoms with Crippen molar-refractivity contribution < 1.29 is 0 Å². The molecule has 1 aromatic heterocycles. The molecule has 0 atom stereocenters. The summed E-state index contributed by atoms with van der Waals surface area (Å²) in [4.78, 5) is 3.49. The summed E-state index contributed by atoms with van der Waals surface area (Å²) in [7, 11) is 0. The van der Waals surface area contributed by atoms with Crippen molar-refractivity contribution in [3.05, 3.63) is 65.7 Å². The molecule has 0 spiro atoms. The first-order chi connectivity index (χ1) is 11.9. The molecule has 0 fully saturated rings. The maximum absolute atomic E-state index is 5.57. The minimum absolute atomic E-state index is 0.711. The molecule has 3 aromatic rings. The average molecular weight is 318 g/mol. The molecule has 2 aromatic carbocycles. The van der Waals surface area contributed by atoms with Gasteiger partial charge in [0.05, 0.1) is 0 Å². The van der Waals surface area contributed by atoms with Gasteiger partial charge in [-0.25, -0.2) is 0 Å². The van der Waals surface area contributed by atoms with Crippen LogP contribution in [0.15, 0.2) is 54.6 Å². The number of aromatic nitrogens is 1. The highest BCUT2D eigenvalue weighted by molar-refractivity contribution is 6.03. The van der Waals surface area contributed by atoms with Crippen molar-refractivity contribution in [3.63, 3.8) is 0 Å². The summed E-state index contributed by atoms with van der Waals surface area (Å²) in [6.45, 7) is 2.45. The second-order valence-electron chi connectivity index (χ2n) is 6.07. The topological polar surface area (TPSA) is 65.9 Å². The van der Waals surface area contributed by atoms with Gasteiger partial charge in [0.2, 0.25) is 0 Å². The summed E-state index contributed by atoms with van der Waals surface area (Å²) in [5, 5.41) is 8.15. The lowest BCUT2D eigenvalue weighted by Crippen LogP contribution is -2.09. The van der Waals surface area contributed by atoms with E-state index in [2.05, 4.69) is 70.2 Å². The molecule has 0 radical (unpaired) electrons. The van der Waals surface area contributed by atoms with Crippen molar-refractivity contribution in [3.8, 4) is 0 Å². The number of anilines is 2. The minimum Gasteiger partial charge on any atom is -0.385 e. The molecule has 0 amide bonds. The second-order valence-corrected chi connectivity index (χ2v) is 6.07. The standard InChI is InChI=1S/C20H22N4/c21-10-4-11-22-15-6-3-5-14(13-15)16-9-12-23-20-19(16)17-7-1-2-8-18(17)24-20/h1-3,5-9,13,22-24H,4,10-12,21H2. The molecule has 5 N–H and O–H groups in total. The largest absolute Gasteiger partial charge is 0.385 e. The van der Waals surface area contributed by atoms with E-state index >= 15 is 0 Å². The van der Waals surface area contributed by atoms with Crippen LogP contribution in [-0.2, 0) is 0 Å². The minimum atomic E-state index is 0.711. The Balaban J connectivity index is 1.73. The summed E-state index contributed by atoms with van der Waals surface area (Å²) in [5.74, 6) is 1.11. The number of benzene rings is 2. The van der Waals surface area contributed by atoms with Crippen LogP contribution in [0.25, 0.3) is 16.5 Å². The summed E-state index contributed by atoms with van der Waals surface area (Å²) < 4.78 is 0. The molecule has 2 heterocycles. The molecule has 0 saturated heterocycles. The van der Waals surface area contributed by atoms with Crippen molar-refractivity contribution in [2.45, 2.75) is 6.42 Å². The van der Waals surface area contributed by atoms with Gasteiger partial charge in [-0.15, -0.1) is 0 Å². The number of H-pyrrole nitrogens is 1. The quantitative estimate of drug-likeness (QED) is 0.541. The molecule has 0 saturated carbocycles. The van der Waals surface area contributed by atoms with Gasteiger partial charge in [0.25, 0.3) is 0 Å². The zero-order valence-electron chi connectivity index (χ0n) is 13.6. The Morgan fingerprint density at radius 1 is 1.08 bits per heavy atom. The predicted molar refractivity (Wildman–Crippen MR) is 102 cm³/mol. The summed E-state index contributed by atoms with van der Waals surface area (Å²) in [6.07, 6.45) is 3.24. The normalized spacial score (nSPS) is 13.3. The van der Waals surface area contributed by atoms with Crippen LogP contribution in [0.3, 0.4) is 0 Å². The van der Waals surface area contributed by atoms with E-state index in [4.69, 9.17) is 5.73 Å². The number of rotatable bonds is 5. The van der Waals surface area contributed by atoms with Crippen LogP contribution < -0.4 is 16.4 Å². The molecule has 4 rings (SSSR count). The van der Waals surface area contributed by atoms with Gasteiger partial charge in [-0.05, 0) is 42.3 Å². The summed E-state index contributed by atoms with van der Waals surface area (Å²) >= 11 is 0. The monoisotopic (exact) mass is 318 g/mol. The molecule has 1 aliphatic rings. The van der Waals surface area contributed by atoms with E-state index in [9.17, 15) is 0 Å².